The first-order valence-electron chi connectivity index (χ1n) is 11.2. The number of amides is 3. The van der Waals surface area contributed by atoms with E-state index in [0.29, 0.717) is 29.7 Å². The molecule has 0 radical (unpaired) electrons. The molecule has 1 saturated heterocycles. The van der Waals surface area contributed by atoms with Crippen molar-refractivity contribution in [2.45, 2.75) is 60.2 Å². The van der Waals surface area contributed by atoms with Gasteiger partial charge in [0.1, 0.15) is 5.03 Å². The molecule has 0 saturated carbocycles. The topological polar surface area (TPSA) is 160 Å². The van der Waals surface area contributed by atoms with Gasteiger partial charge in [-0.15, -0.1) is 0 Å². The van der Waals surface area contributed by atoms with Gasteiger partial charge in [-0.1, -0.05) is 35.4 Å². The predicted octanol–water partition coefficient (Wildman–Crippen LogP) is 3.03. The Morgan fingerprint density at radius 3 is 2.57 bits per heavy atom. The predicted molar refractivity (Wildman–Crippen MR) is 136 cm³/mol. The molecule has 2 aromatic rings. The van der Waals surface area contributed by atoms with Crippen LogP contribution in [0.5, 0.6) is 0 Å². The van der Waals surface area contributed by atoms with Gasteiger partial charge in [0.15, 0.2) is 5.25 Å². The van der Waals surface area contributed by atoms with Crippen molar-refractivity contribution in [1.82, 2.24) is 15.4 Å². The number of nitrogens with zero attached hydrogens (tertiary/aromatic N) is 2. The SMILES string of the molecule is CC(CCCCC(=O)ONC(=O)c1ccccc1SSc1ccccn1)N1C(=O)CC(S(=O)(=O)O)C1=O. The number of imide groups is 1. The van der Waals surface area contributed by atoms with E-state index in [2.05, 4.69) is 10.5 Å². The number of likely N-dealkylation sites (tertiary alicyclic amines) is 1. The summed E-state index contributed by atoms with van der Waals surface area (Å²) >= 11 is 0. The molecule has 11 nitrogen and oxygen atoms in total. The molecule has 198 valence electrons. The standard InChI is InChI=1S/C23H25N3O8S3/c1-15(26-20(27)14-18(23(26)30)37(31,32)33)8-2-5-12-21(28)34-25-22(29)16-9-3-4-10-17(16)35-36-19-11-6-7-13-24-19/h3-4,6-7,9-11,13,15,18H,2,5,8,12,14H2,1H3,(H,25,29)(H,31,32,33). The Kier molecular flexibility index (Phi) is 10.1. The van der Waals surface area contributed by atoms with Crippen LogP contribution in [-0.4, -0.2) is 57.8 Å². The molecule has 1 aliphatic rings. The van der Waals surface area contributed by atoms with Crippen molar-refractivity contribution in [2.75, 3.05) is 0 Å². The van der Waals surface area contributed by atoms with Gasteiger partial charge in [-0.3, -0.25) is 23.8 Å². The lowest BCUT2D eigenvalue weighted by Gasteiger charge is -2.22. The fourth-order valence-corrected chi connectivity index (χ4v) is 6.35. The van der Waals surface area contributed by atoms with E-state index in [1.54, 1.807) is 37.4 Å². The maximum Gasteiger partial charge on any atom is 0.332 e. The molecule has 37 heavy (non-hydrogen) atoms. The average Bonchev–Trinajstić information content (AvgIpc) is 3.18. The Hall–Kier alpha value is -2.94. The monoisotopic (exact) mass is 567 g/mol. The van der Waals surface area contributed by atoms with Crippen molar-refractivity contribution >= 4 is 55.4 Å². The molecule has 2 N–H and O–H groups in total. The second-order valence-electron chi connectivity index (χ2n) is 8.14. The highest BCUT2D eigenvalue weighted by molar-refractivity contribution is 8.76. The Balaban J connectivity index is 1.40. The number of benzene rings is 1. The third-order valence-corrected chi connectivity index (χ3v) is 8.86. The summed E-state index contributed by atoms with van der Waals surface area (Å²) in [5.74, 6) is -2.85. The molecule has 0 aliphatic carbocycles. The van der Waals surface area contributed by atoms with E-state index in [1.807, 2.05) is 18.2 Å². The Labute approximate surface area is 221 Å². The highest BCUT2D eigenvalue weighted by Crippen LogP contribution is 2.37. The Morgan fingerprint density at radius 1 is 1.16 bits per heavy atom. The maximum atomic E-state index is 12.5. The molecule has 1 aliphatic heterocycles. The first-order valence-corrected chi connectivity index (χ1v) is 14.9. The highest BCUT2D eigenvalue weighted by atomic mass is 33.1. The minimum atomic E-state index is -4.65. The minimum absolute atomic E-state index is 0.0194. The molecular formula is C23H25N3O8S3. The van der Waals surface area contributed by atoms with Crippen molar-refractivity contribution in [3.63, 3.8) is 0 Å². The summed E-state index contributed by atoms with van der Waals surface area (Å²) < 4.78 is 31.7. The lowest BCUT2D eigenvalue weighted by Crippen LogP contribution is -2.40. The zero-order valence-corrected chi connectivity index (χ0v) is 22.2. The first-order chi connectivity index (χ1) is 17.6. The first kappa shape index (κ1) is 28.6. The van der Waals surface area contributed by atoms with Gasteiger partial charge < -0.3 is 4.84 Å². The smallest absolute Gasteiger partial charge is 0.332 e. The highest BCUT2D eigenvalue weighted by Gasteiger charge is 2.47. The van der Waals surface area contributed by atoms with E-state index < -0.39 is 51.5 Å². The molecule has 1 fully saturated rings. The van der Waals surface area contributed by atoms with Gasteiger partial charge in [0, 0.05) is 23.6 Å². The zero-order valence-electron chi connectivity index (χ0n) is 19.7. The number of carbonyl (C=O) groups is 4. The van der Waals surface area contributed by atoms with E-state index in [-0.39, 0.29) is 6.42 Å². The van der Waals surface area contributed by atoms with Crippen molar-refractivity contribution in [3.05, 3.63) is 54.2 Å². The Bertz CT molecular complexity index is 1260. The van der Waals surface area contributed by atoms with E-state index in [9.17, 15) is 27.6 Å². The second kappa shape index (κ2) is 13.0. The number of pyridine rings is 1. The van der Waals surface area contributed by atoms with Crippen LogP contribution in [0.25, 0.3) is 0 Å². The van der Waals surface area contributed by atoms with Gasteiger partial charge in [-0.25, -0.2) is 9.78 Å². The maximum absolute atomic E-state index is 12.5. The van der Waals surface area contributed by atoms with Crippen LogP contribution in [0.3, 0.4) is 0 Å². The molecule has 2 atom stereocenters. The summed E-state index contributed by atoms with van der Waals surface area (Å²) in [4.78, 5) is 59.5. The third-order valence-electron chi connectivity index (χ3n) is 5.44. The van der Waals surface area contributed by atoms with Crippen LogP contribution >= 0.6 is 21.6 Å². The van der Waals surface area contributed by atoms with E-state index in [1.165, 1.54) is 21.6 Å². The fraction of sp³-hybridized carbons (Fsp3) is 0.348. The van der Waals surface area contributed by atoms with Crippen molar-refractivity contribution < 1.29 is 37.0 Å². The third kappa shape index (κ3) is 8.02. The average molecular weight is 568 g/mol. The lowest BCUT2D eigenvalue weighted by atomic mass is 10.1. The van der Waals surface area contributed by atoms with Crippen molar-refractivity contribution in [1.29, 1.82) is 0 Å². The van der Waals surface area contributed by atoms with Gasteiger partial charge in [-0.05, 0) is 54.8 Å². The number of hydroxylamine groups is 1. The van der Waals surface area contributed by atoms with Crippen LogP contribution in [0.2, 0.25) is 0 Å². The number of hydrogen-bond donors (Lipinski definition) is 2. The summed E-state index contributed by atoms with van der Waals surface area (Å²) in [6.07, 6.45) is 2.18. The van der Waals surface area contributed by atoms with Crippen LogP contribution in [0.4, 0.5) is 0 Å². The zero-order chi connectivity index (χ0) is 27.0. The molecule has 2 unspecified atom stereocenters. The molecule has 0 spiro atoms. The van der Waals surface area contributed by atoms with Crippen LogP contribution in [0.15, 0.2) is 58.6 Å². The van der Waals surface area contributed by atoms with E-state index >= 15 is 0 Å². The van der Waals surface area contributed by atoms with Crippen LogP contribution in [-0.2, 0) is 29.3 Å². The number of unbranched alkanes of at least 4 members (excludes halogenated alkanes) is 1. The molecule has 1 aromatic heterocycles. The van der Waals surface area contributed by atoms with Gasteiger partial charge >= 0.3 is 5.97 Å². The van der Waals surface area contributed by atoms with E-state index in [0.717, 1.165) is 9.93 Å². The summed E-state index contributed by atoms with van der Waals surface area (Å²) in [5.41, 5.74) is 2.49. The molecule has 0 bridgehead atoms. The quantitative estimate of drug-likeness (QED) is 0.135. The van der Waals surface area contributed by atoms with Gasteiger partial charge in [0.05, 0.1) is 12.0 Å². The van der Waals surface area contributed by atoms with Gasteiger partial charge in [0.25, 0.3) is 21.9 Å². The summed E-state index contributed by atoms with van der Waals surface area (Å²) in [5, 5.41) is -0.988. The lowest BCUT2D eigenvalue weighted by molar-refractivity contribution is -0.149. The van der Waals surface area contributed by atoms with Gasteiger partial charge in [0.2, 0.25) is 5.91 Å². The molecule has 14 heteroatoms. The minimum Gasteiger partial charge on any atom is -0.341 e. The molecular weight excluding hydrogens is 542 g/mol. The normalized spacial score (nSPS) is 16.5. The van der Waals surface area contributed by atoms with Crippen LogP contribution < -0.4 is 5.48 Å². The van der Waals surface area contributed by atoms with Crippen molar-refractivity contribution in [2.24, 2.45) is 0 Å². The Morgan fingerprint density at radius 2 is 1.89 bits per heavy atom. The largest absolute Gasteiger partial charge is 0.341 e. The molecule has 3 amide bonds. The second-order valence-corrected chi connectivity index (χ2v) is 11.9. The summed E-state index contributed by atoms with van der Waals surface area (Å²) in [6.45, 7) is 1.59. The number of nitrogens with one attached hydrogen (secondary N) is 1. The number of aromatic nitrogens is 1. The number of carbonyl (C=O) groups excluding carboxylic acids is 4. The van der Waals surface area contributed by atoms with Crippen LogP contribution in [0.1, 0.15) is 49.4 Å². The van der Waals surface area contributed by atoms with Gasteiger partial charge in [-0.2, -0.15) is 13.9 Å². The van der Waals surface area contributed by atoms with E-state index in [4.69, 9.17) is 9.39 Å². The van der Waals surface area contributed by atoms with Crippen LogP contribution in [0, 0.1) is 0 Å². The van der Waals surface area contributed by atoms with Crippen molar-refractivity contribution in [3.8, 4) is 0 Å². The summed E-state index contributed by atoms with van der Waals surface area (Å²) in [6, 6.07) is 11.8. The fourth-order valence-electron chi connectivity index (χ4n) is 3.58. The molecule has 1 aromatic carbocycles. The molecule has 3 rings (SSSR count). The number of hydrogen-bond acceptors (Lipinski definition) is 10. The summed E-state index contributed by atoms with van der Waals surface area (Å²) in [7, 11) is -1.92. The number of rotatable bonds is 11. The molecule has 2 heterocycles.